The number of rotatable bonds is 6. The molecule has 3 aromatic rings. The Balaban J connectivity index is 1.53. The molecule has 10 heteroatoms. The van der Waals surface area contributed by atoms with Crippen molar-refractivity contribution in [1.82, 2.24) is 0 Å². The molecule has 1 aliphatic heterocycles. The standard InChI is InChI=1S/C21H20ClN3O4S2/c22-17-4-1-2-5-19(17)25-11-9-24(10-12-25)18-8-7-15(14-16(18)21(26)27)23-31(28,29)20-6-3-13-30-20/h1-8,13-14,23H,9-12H2,(H,26,27). The molecule has 2 aromatic carbocycles. The number of para-hydroxylation sites is 1. The third-order valence-corrected chi connectivity index (χ3v) is 8.15. The van der Waals surface area contributed by atoms with E-state index in [4.69, 9.17) is 11.6 Å². The monoisotopic (exact) mass is 477 g/mol. The summed E-state index contributed by atoms with van der Waals surface area (Å²) in [5, 5.41) is 12.1. The Hall–Kier alpha value is -2.75. The van der Waals surface area contributed by atoms with E-state index < -0.39 is 16.0 Å². The number of piperazine rings is 1. The van der Waals surface area contributed by atoms with Gasteiger partial charge in [0.05, 0.1) is 22.0 Å². The number of hydrogen-bond acceptors (Lipinski definition) is 6. The van der Waals surface area contributed by atoms with Crippen LogP contribution in [0.3, 0.4) is 0 Å². The summed E-state index contributed by atoms with van der Waals surface area (Å²) in [6, 6.07) is 15.4. The molecular weight excluding hydrogens is 458 g/mol. The van der Waals surface area contributed by atoms with Crippen LogP contribution in [0.5, 0.6) is 0 Å². The van der Waals surface area contributed by atoms with Gasteiger partial charge in [0.1, 0.15) is 4.21 Å². The van der Waals surface area contributed by atoms with Gasteiger partial charge in [-0.3, -0.25) is 4.72 Å². The second-order valence-electron chi connectivity index (χ2n) is 7.00. The van der Waals surface area contributed by atoms with E-state index in [1.54, 1.807) is 23.6 Å². The molecule has 0 saturated carbocycles. The fourth-order valence-electron chi connectivity index (χ4n) is 3.56. The number of halogens is 1. The number of thiophene rings is 1. The minimum atomic E-state index is -3.75. The maximum absolute atomic E-state index is 12.5. The first kappa shape index (κ1) is 21.5. The van der Waals surface area contributed by atoms with E-state index in [0.29, 0.717) is 36.9 Å². The predicted octanol–water partition coefficient (Wildman–Crippen LogP) is 4.23. The van der Waals surface area contributed by atoms with Crippen molar-refractivity contribution in [2.75, 3.05) is 40.7 Å². The number of nitrogens with zero attached hydrogens (tertiary/aromatic N) is 2. The van der Waals surface area contributed by atoms with E-state index in [1.807, 2.05) is 29.2 Å². The first-order valence-corrected chi connectivity index (χ1v) is 12.3. The van der Waals surface area contributed by atoms with Crippen molar-refractivity contribution >= 4 is 56.0 Å². The predicted molar refractivity (Wildman–Crippen MR) is 124 cm³/mol. The van der Waals surface area contributed by atoms with Crippen LogP contribution in [-0.2, 0) is 10.0 Å². The van der Waals surface area contributed by atoms with Gasteiger partial charge in [-0.1, -0.05) is 29.8 Å². The largest absolute Gasteiger partial charge is 0.478 e. The van der Waals surface area contributed by atoms with E-state index in [0.717, 1.165) is 17.0 Å². The van der Waals surface area contributed by atoms with Gasteiger partial charge in [0.25, 0.3) is 10.0 Å². The van der Waals surface area contributed by atoms with Crippen molar-refractivity contribution in [2.45, 2.75) is 4.21 Å². The first-order valence-electron chi connectivity index (χ1n) is 9.53. The molecular formula is C21H20ClN3O4S2. The van der Waals surface area contributed by atoms with Crippen LogP contribution < -0.4 is 14.5 Å². The Bertz CT molecular complexity index is 1190. The van der Waals surface area contributed by atoms with Crippen molar-refractivity contribution < 1.29 is 18.3 Å². The van der Waals surface area contributed by atoms with Crippen LogP contribution in [-0.4, -0.2) is 45.7 Å². The minimum absolute atomic E-state index is 0.0533. The lowest BCUT2D eigenvalue weighted by Gasteiger charge is -2.38. The Morgan fingerprint density at radius 1 is 0.968 bits per heavy atom. The number of nitrogens with one attached hydrogen (secondary N) is 1. The number of carboxylic acids is 1. The fraction of sp³-hybridized carbons (Fsp3) is 0.190. The van der Waals surface area contributed by atoms with Gasteiger partial charge in [0.15, 0.2) is 0 Å². The van der Waals surface area contributed by atoms with Crippen molar-refractivity contribution in [3.8, 4) is 0 Å². The van der Waals surface area contributed by atoms with Crippen LogP contribution in [0.1, 0.15) is 10.4 Å². The number of carboxylic acid groups (broad SMARTS) is 1. The first-order chi connectivity index (χ1) is 14.8. The van der Waals surface area contributed by atoms with Crippen LogP contribution in [0.15, 0.2) is 64.2 Å². The molecule has 0 atom stereocenters. The van der Waals surface area contributed by atoms with Crippen molar-refractivity contribution in [2.24, 2.45) is 0 Å². The zero-order chi connectivity index (χ0) is 22.0. The number of hydrogen-bond donors (Lipinski definition) is 2. The molecule has 2 N–H and O–H groups in total. The van der Waals surface area contributed by atoms with Crippen molar-refractivity contribution in [3.05, 3.63) is 70.6 Å². The molecule has 0 bridgehead atoms. The van der Waals surface area contributed by atoms with Crippen LogP contribution >= 0.6 is 22.9 Å². The fourth-order valence-corrected chi connectivity index (χ4v) is 5.86. The average Bonchev–Trinajstić information content (AvgIpc) is 3.30. The highest BCUT2D eigenvalue weighted by atomic mass is 35.5. The molecule has 162 valence electrons. The Morgan fingerprint density at radius 3 is 2.26 bits per heavy atom. The molecule has 1 aromatic heterocycles. The summed E-state index contributed by atoms with van der Waals surface area (Å²) < 4.78 is 27.5. The number of anilines is 3. The highest BCUT2D eigenvalue weighted by Gasteiger charge is 2.24. The van der Waals surface area contributed by atoms with Crippen molar-refractivity contribution in [1.29, 1.82) is 0 Å². The van der Waals surface area contributed by atoms with E-state index in [-0.39, 0.29) is 15.5 Å². The van der Waals surface area contributed by atoms with Gasteiger partial charge < -0.3 is 14.9 Å². The van der Waals surface area contributed by atoms with E-state index in [2.05, 4.69) is 9.62 Å². The molecule has 0 unspecified atom stereocenters. The third kappa shape index (κ3) is 4.63. The van der Waals surface area contributed by atoms with E-state index in [1.165, 1.54) is 12.1 Å². The van der Waals surface area contributed by atoms with Crippen LogP contribution in [0.2, 0.25) is 5.02 Å². The molecule has 0 amide bonds. The van der Waals surface area contributed by atoms with Gasteiger partial charge in [-0.15, -0.1) is 11.3 Å². The van der Waals surface area contributed by atoms with Crippen molar-refractivity contribution in [3.63, 3.8) is 0 Å². The lowest BCUT2D eigenvalue weighted by Crippen LogP contribution is -2.47. The highest BCUT2D eigenvalue weighted by molar-refractivity contribution is 7.94. The van der Waals surface area contributed by atoms with Gasteiger partial charge in [-0.05, 0) is 41.8 Å². The molecule has 4 rings (SSSR count). The normalized spacial score (nSPS) is 14.5. The van der Waals surface area contributed by atoms with Gasteiger partial charge in [-0.2, -0.15) is 0 Å². The molecule has 1 aliphatic rings. The van der Waals surface area contributed by atoms with Crippen LogP contribution in [0.4, 0.5) is 17.1 Å². The number of sulfonamides is 1. The Morgan fingerprint density at radius 2 is 1.65 bits per heavy atom. The molecule has 1 fully saturated rings. The molecule has 0 aliphatic carbocycles. The molecule has 1 saturated heterocycles. The van der Waals surface area contributed by atoms with E-state index >= 15 is 0 Å². The molecule has 31 heavy (non-hydrogen) atoms. The quantitative estimate of drug-likeness (QED) is 0.552. The number of aromatic carboxylic acids is 1. The maximum atomic E-state index is 12.5. The summed E-state index contributed by atoms with van der Waals surface area (Å²) in [7, 11) is -3.75. The summed E-state index contributed by atoms with van der Waals surface area (Å²) in [5.41, 5.74) is 1.79. The topological polar surface area (TPSA) is 89.9 Å². The zero-order valence-electron chi connectivity index (χ0n) is 16.4. The maximum Gasteiger partial charge on any atom is 0.337 e. The number of benzene rings is 2. The SMILES string of the molecule is O=C(O)c1cc(NS(=O)(=O)c2cccs2)ccc1N1CCN(c2ccccc2Cl)CC1. The summed E-state index contributed by atoms with van der Waals surface area (Å²) in [6.45, 7) is 2.61. The molecule has 0 spiro atoms. The summed E-state index contributed by atoms with van der Waals surface area (Å²) in [6.07, 6.45) is 0. The second kappa shape index (κ2) is 8.78. The molecule has 2 heterocycles. The van der Waals surface area contributed by atoms with Crippen LogP contribution in [0.25, 0.3) is 0 Å². The van der Waals surface area contributed by atoms with Gasteiger partial charge in [0, 0.05) is 31.9 Å². The second-order valence-corrected chi connectivity index (χ2v) is 10.3. The number of carbonyl (C=O) groups is 1. The molecule has 0 radical (unpaired) electrons. The smallest absolute Gasteiger partial charge is 0.337 e. The summed E-state index contributed by atoms with van der Waals surface area (Å²) in [4.78, 5) is 16.1. The zero-order valence-corrected chi connectivity index (χ0v) is 18.8. The van der Waals surface area contributed by atoms with Gasteiger partial charge >= 0.3 is 5.97 Å². The summed E-state index contributed by atoms with van der Waals surface area (Å²) in [5.74, 6) is -1.11. The Labute approximate surface area is 189 Å². The van der Waals surface area contributed by atoms with Crippen LogP contribution in [0, 0.1) is 0 Å². The third-order valence-electron chi connectivity index (χ3n) is 5.05. The highest BCUT2D eigenvalue weighted by Crippen LogP contribution is 2.30. The lowest BCUT2D eigenvalue weighted by molar-refractivity contribution is 0.0697. The van der Waals surface area contributed by atoms with Gasteiger partial charge in [-0.25, -0.2) is 13.2 Å². The van der Waals surface area contributed by atoms with Gasteiger partial charge in [0.2, 0.25) is 0 Å². The molecule has 7 nitrogen and oxygen atoms in total. The summed E-state index contributed by atoms with van der Waals surface area (Å²) >= 11 is 7.39. The minimum Gasteiger partial charge on any atom is -0.478 e. The average molecular weight is 478 g/mol. The lowest BCUT2D eigenvalue weighted by atomic mass is 10.1. The van der Waals surface area contributed by atoms with E-state index in [9.17, 15) is 18.3 Å². The Kier molecular flexibility index (Phi) is 6.08.